The quantitative estimate of drug-likeness (QED) is 0.768. The van der Waals surface area contributed by atoms with E-state index < -0.39 is 0 Å². The lowest BCUT2D eigenvalue weighted by atomic mass is 10.2. The van der Waals surface area contributed by atoms with Crippen LogP contribution in [0, 0.1) is 0 Å². The Morgan fingerprint density at radius 3 is 2.50 bits per heavy atom. The summed E-state index contributed by atoms with van der Waals surface area (Å²) >= 11 is 0. The van der Waals surface area contributed by atoms with Gasteiger partial charge in [0.1, 0.15) is 11.5 Å². The van der Waals surface area contributed by atoms with Crippen molar-refractivity contribution in [3.63, 3.8) is 0 Å². The fraction of sp³-hybridized carbons (Fsp3) is 0.533. The van der Waals surface area contributed by atoms with Crippen LogP contribution < -0.4 is 20.1 Å². The molecule has 1 amide bonds. The molecule has 0 fully saturated rings. The number of carbonyl (C=O) groups excluding carboxylic acids is 1. The van der Waals surface area contributed by atoms with Crippen molar-refractivity contribution in [2.24, 2.45) is 0 Å². The molecule has 5 heteroatoms. The van der Waals surface area contributed by atoms with Gasteiger partial charge in [0.25, 0.3) is 0 Å². The normalized spacial score (nSPS) is 10.4. The van der Waals surface area contributed by atoms with Crippen LogP contribution in [-0.4, -0.2) is 31.7 Å². The molecule has 0 aliphatic rings. The Morgan fingerprint density at radius 1 is 1.20 bits per heavy atom. The first-order valence-electron chi connectivity index (χ1n) is 6.99. The van der Waals surface area contributed by atoms with Gasteiger partial charge in [-0.05, 0) is 26.0 Å². The average Bonchev–Trinajstić information content (AvgIpc) is 2.40. The van der Waals surface area contributed by atoms with Crippen LogP contribution in [0.4, 0.5) is 5.69 Å². The van der Waals surface area contributed by atoms with Gasteiger partial charge < -0.3 is 20.1 Å². The number of ether oxygens (including phenoxy) is 2. The Hall–Kier alpha value is -1.75. The molecule has 0 aliphatic heterocycles. The van der Waals surface area contributed by atoms with Crippen molar-refractivity contribution in [1.82, 2.24) is 5.32 Å². The first kappa shape index (κ1) is 16.3. The minimum Gasteiger partial charge on any atom is -0.494 e. The van der Waals surface area contributed by atoms with Crippen LogP contribution in [0.15, 0.2) is 18.2 Å². The number of hydrogen-bond acceptors (Lipinski definition) is 4. The Bertz CT molecular complexity index is 433. The summed E-state index contributed by atoms with van der Waals surface area (Å²) in [5.74, 6) is 1.25. The topological polar surface area (TPSA) is 59.6 Å². The lowest BCUT2D eigenvalue weighted by molar-refractivity contribution is -0.115. The van der Waals surface area contributed by atoms with Gasteiger partial charge >= 0.3 is 0 Å². The van der Waals surface area contributed by atoms with Gasteiger partial charge in [-0.25, -0.2) is 0 Å². The van der Waals surface area contributed by atoms with E-state index in [1.54, 1.807) is 12.1 Å². The Kier molecular flexibility index (Phi) is 6.87. The predicted octanol–water partition coefficient (Wildman–Crippen LogP) is 2.42. The molecule has 0 radical (unpaired) electrons. The molecule has 1 rings (SSSR count). The molecule has 0 aromatic heterocycles. The highest BCUT2D eigenvalue weighted by molar-refractivity contribution is 5.94. The Balaban J connectivity index is 2.78. The molecular weight excluding hydrogens is 256 g/mol. The van der Waals surface area contributed by atoms with Crippen LogP contribution in [0.1, 0.15) is 27.7 Å². The van der Waals surface area contributed by atoms with Crippen LogP contribution in [0.2, 0.25) is 0 Å². The number of benzene rings is 1. The number of anilines is 1. The second-order valence-corrected chi connectivity index (χ2v) is 4.61. The molecule has 0 aliphatic carbocycles. The Morgan fingerprint density at radius 2 is 1.90 bits per heavy atom. The lowest BCUT2D eigenvalue weighted by Gasteiger charge is -2.14. The standard InChI is InChI=1S/C15H24N2O3/c1-5-19-12-7-8-14(20-6-2)13(9-12)17-15(18)10-16-11(3)4/h7-9,11,16H,5-6,10H2,1-4H3,(H,17,18). The summed E-state index contributed by atoms with van der Waals surface area (Å²) in [5, 5.41) is 5.92. The number of hydrogen-bond donors (Lipinski definition) is 2. The van der Waals surface area contributed by atoms with Gasteiger partial charge in [-0.2, -0.15) is 0 Å². The molecule has 0 saturated carbocycles. The largest absolute Gasteiger partial charge is 0.494 e. The lowest BCUT2D eigenvalue weighted by Crippen LogP contribution is -2.32. The zero-order valence-electron chi connectivity index (χ0n) is 12.7. The number of carbonyl (C=O) groups is 1. The molecule has 2 N–H and O–H groups in total. The van der Waals surface area contributed by atoms with E-state index in [0.29, 0.717) is 30.4 Å². The third-order valence-electron chi connectivity index (χ3n) is 2.51. The van der Waals surface area contributed by atoms with E-state index in [0.717, 1.165) is 0 Å². The number of rotatable bonds is 8. The van der Waals surface area contributed by atoms with Crippen LogP contribution in [-0.2, 0) is 4.79 Å². The van der Waals surface area contributed by atoms with Crippen LogP contribution in [0.25, 0.3) is 0 Å². The maximum Gasteiger partial charge on any atom is 0.238 e. The van der Waals surface area contributed by atoms with Gasteiger partial charge in [-0.1, -0.05) is 13.8 Å². The second kappa shape index (κ2) is 8.43. The maximum absolute atomic E-state index is 11.9. The van der Waals surface area contributed by atoms with Crippen molar-refractivity contribution in [2.45, 2.75) is 33.7 Å². The molecule has 1 aromatic rings. The van der Waals surface area contributed by atoms with E-state index in [9.17, 15) is 4.79 Å². The fourth-order valence-corrected chi connectivity index (χ4v) is 1.64. The average molecular weight is 280 g/mol. The molecule has 5 nitrogen and oxygen atoms in total. The SMILES string of the molecule is CCOc1ccc(OCC)c(NC(=O)CNC(C)C)c1. The zero-order chi connectivity index (χ0) is 15.0. The third-order valence-corrected chi connectivity index (χ3v) is 2.51. The van der Waals surface area contributed by atoms with E-state index in [2.05, 4.69) is 10.6 Å². The van der Waals surface area contributed by atoms with E-state index in [-0.39, 0.29) is 18.5 Å². The third kappa shape index (κ3) is 5.48. The summed E-state index contributed by atoms with van der Waals surface area (Å²) in [6.07, 6.45) is 0. The monoisotopic (exact) mass is 280 g/mol. The van der Waals surface area contributed by atoms with E-state index in [1.807, 2.05) is 33.8 Å². The first-order chi connectivity index (χ1) is 9.56. The van der Waals surface area contributed by atoms with Crippen molar-refractivity contribution in [3.8, 4) is 11.5 Å². The molecule has 112 valence electrons. The molecule has 0 bridgehead atoms. The van der Waals surface area contributed by atoms with Crippen molar-refractivity contribution >= 4 is 11.6 Å². The minimum absolute atomic E-state index is 0.103. The summed E-state index contributed by atoms with van der Waals surface area (Å²) in [6.45, 7) is 9.20. The van der Waals surface area contributed by atoms with Crippen LogP contribution >= 0.6 is 0 Å². The second-order valence-electron chi connectivity index (χ2n) is 4.61. The van der Waals surface area contributed by atoms with E-state index >= 15 is 0 Å². The maximum atomic E-state index is 11.9. The highest BCUT2D eigenvalue weighted by atomic mass is 16.5. The summed E-state index contributed by atoms with van der Waals surface area (Å²) < 4.78 is 10.9. The number of nitrogens with one attached hydrogen (secondary N) is 2. The van der Waals surface area contributed by atoms with Crippen LogP contribution in [0.5, 0.6) is 11.5 Å². The highest BCUT2D eigenvalue weighted by Crippen LogP contribution is 2.29. The zero-order valence-corrected chi connectivity index (χ0v) is 12.7. The van der Waals surface area contributed by atoms with E-state index in [4.69, 9.17) is 9.47 Å². The van der Waals surface area contributed by atoms with Gasteiger partial charge in [0.2, 0.25) is 5.91 Å². The molecule has 0 spiro atoms. The fourth-order valence-electron chi connectivity index (χ4n) is 1.64. The van der Waals surface area contributed by atoms with Crippen molar-refractivity contribution < 1.29 is 14.3 Å². The van der Waals surface area contributed by atoms with Crippen LogP contribution in [0.3, 0.4) is 0 Å². The molecule has 20 heavy (non-hydrogen) atoms. The summed E-state index contributed by atoms with van der Waals surface area (Å²) in [5.41, 5.74) is 0.633. The summed E-state index contributed by atoms with van der Waals surface area (Å²) in [4.78, 5) is 11.9. The minimum atomic E-state index is -0.103. The molecule has 0 unspecified atom stereocenters. The predicted molar refractivity (Wildman–Crippen MR) is 80.5 cm³/mol. The Labute approximate surface area is 120 Å². The molecular formula is C15H24N2O3. The molecule has 0 heterocycles. The summed E-state index contributed by atoms with van der Waals surface area (Å²) in [6, 6.07) is 5.68. The molecule has 0 atom stereocenters. The smallest absolute Gasteiger partial charge is 0.238 e. The van der Waals surface area contributed by atoms with Gasteiger partial charge in [-0.15, -0.1) is 0 Å². The number of amides is 1. The van der Waals surface area contributed by atoms with Gasteiger partial charge in [0.15, 0.2) is 0 Å². The van der Waals surface area contributed by atoms with Crippen molar-refractivity contribution in [2.75, 3.05) is 25.1 Å². The molecule has 1 aromatic carbocycles. The van der Waals surface area contributed by atoms with E-state index in [1.165, 1.54) is 0 Å². The highest BCUT2D eigenvalue weighted by Gasteiger charge is 2.10. The summed E-state index contributed by atoms with van der Waals surface area (Å²) in [7, 11) is 0. The van der Waals surface area contributed by atoms with Gasteiger partial charge in [-0.3, -0.25) is 4.79 Å². The van der Waals surface area contributed by atoms with Crippen molar-refractivity contribution in [3.05, 3.63) is 18.2 Å². The van der Waals surface area contributed by atoms with Gasteiger partial charge in [0.05, 0.1) is 25.4 Å². The first-order valence-corrected chi connectivity index (χ1v) is 6.99. The molecule has 0 saturated heterocycles. The van der Waals surface area contributed by atoms with Crippen molar-refractivity contribution in [1.29, 1.82) is 0 Å². The van der Waals surface area contributed by atoms with Gasteiger partial charge in [0, 0.05) is 12.1 Å².